The molecule has 3 aromatic rings. The van der Waals surface area contributed by atoms with Crippen LogP contribution in [0.3, 0.4) is 0 Å². The molecule has 0 aromatic heterocycles. The van der Waals surface area contributed by atoms with E-state index in [0.717, 1.165) is 27.8 Å². The molecule has 6 nitrogen and oxygen atoms in total. The number of hydrogen-bond donors (Lipinski definition) is 1. The first-order valence-electron chi connectivity index (χ1n) is 14.6. The molecule has 0 bridgehead atoms. The lowest BCUT2D eigenvalue weighted by atomic mass is 9.78. The van der Waals surface area contributed by atoms with E-state index in [4.69, 9.17) is 9.73 Å². The number of aromatic hydroxyl groups is 1. The van der Waals surface area contributed by atoms with Gasteiger partial charge in [-0.15, -0.1) is 11.8 Å². The molecule has 0 aliphatic carbocycles. The van der Waals surface area contributed by atoms with Gasteiger partial charge in [0.15, 0.2) is 11.6 Å². The van der Waals surface area contributed by atoms with Gasteiger partial charge in [0.1, 0.15) is 17.2 Å². The van der Waals surface area contributed by atoms with E-state index < -0.39 is 23.7 Å². The van der Waals surface area contributed by atoms with Crippen molar-refractivity contribution in [2.24, 2.45) is 4.99 Å². The molecule has 1 unspecified atom stereocenters. The monoisotopic (exact) mass is 596 g/mol. The topological polar surface area (TPSA) is 79.2 Å². The molecule has 1 amide bonds. The third-order valence-electron chi connectivity index (χ3n) is 8.08. The number of thioether (sulfide) groups is 1. The van der Waals surface area contributed by atoms with Gasteiger partial charge in [-0.3, -0.25) is 9.79 Å². The van der Waals surface area contributed by atoms with Gasteiger partial charge in [0, 0.05) is 17.3 Å². The average molecular weight is 597 g/mol. The van der Waals surface area contributed by atoms with Gasteiger partial charge < -0.3 is 14.7 Å². The number of amides is 1. The standard InChI is InChI=1S/C36H40N2O4S/c1-34(2,3)26-20-23(21-27(29(26)39)35(4,5)6)22-37-36(7)32(41)38-28(18-19-43-33(36)38)31(40)42-30(24-14-10-8-11-15-24)25-16-12-9-13-17-25/h8-22,28,30,33,39H,1-7H3/b37-22+/t28?,33-,36-/m1/s1. The second-order valence-electron chi connectivity index (χ2n) is 13.5. The summed E-state index contributed by atoms with van der Waals surface area (Å²) in [5, 5.41) is 12.6. The van der Waals surface area contributed by atoms with E-state index in [1.807, 2.05) is 85.1 Å². The number of nitrogens with zero attached hydrogens (tertiary/aromatic N) is 2. The van der Waals surface area contributed by atoms with Crippen molar-refractivity contribution in [3.05, 3.63) is 112 Å². The molecule has 43 heavy (non-hydrogen) atoms. The number of hydrogen-bond acceptors (Lipinski definition) is 6. The molecule has 2 aliphatic heterocycles. The molecule has 0 spiro atoms. The summed E-state index contributed by atoms with van der Waals surface area (Å²) in [6, 6.07) is 22.3. The zero-order valence-corrected chi connectivity index (χ0v) is 26.7. The Labute approximate surface area is 258 Å². The van der Waals surface area contributed by atoms with Crippen LogP contribution in [0.2, 0.25) is 0 Å². The normalized spacial score (nSPS) is 22.0. The quantitative estimate of drug-likeness (QED) is 0.184. The summed E-state index contributed by atoms with van der Waals surface area (Å²) < 4.78 is 6.11. The number of ether oxygens (including phenoxy) is 1. The van der Waals surface area contributed by atoms with Gasteiger partial charge in [0.25, 0.3) is 5.91 Å². The molecule has 1 fully saturated rings. The van der Waals surface area contributed by atoms with Crippen molar-refractivity contribution < 1.29 is 19.4 Å². The minimum atomic E-state index is -1.05. The number of fused-ring (bicyclic) bond motifs is 1. The van der Waals surface area contributed by atoms with Gasteiger partial charge in [-0.25, -0.2) is 4.79 Å². The zero-order chi connectivity index (χ0) is 31.2. The van der Waals surface area contributed by atoms with E-state index in [1.54, 1.807) is 17.2 Å². The van der Waals surface area contributed by atoms with E-state index in [9.17, 15) is 14.7 Å². The lowest BCUT2D eigenvalue weighted by molar-refractivity contribution is -0.167. The van der Waals surface area contributed by atoms with E-state index in [1.165, 1.54) is 11.8 Å². The van der Waals surface area contributed by atoms with Gasteiger partial charge in [-0.1, -0.05) is 102 Å². The Morgan fingerprint density at radius 3 is 1.95 bits per heavy atom. The average Bonchev–Trinajstić information content (AvgIpc) is 2.98. The second kappa shape index (κ2) is 11.3. The van der Waals surface area contributed by atoms with Crippen molar-refractivity contribution in [3.8, 4) is 5.75 Å². The molecule has 0 radical (unpaired) electrons. The highest BCUT2D eigenvalue weighted by Crippen LogP contribution is 2.47. The largest absolute Gasteiger partial charge is 0.507 e. The molecule has 2 heterocycles. The Balaban J connectivity index is 1.40. The van der Waals surface area contributed by atoms with Gasteiger partial charge in [0.05, 0.1) is 0 Å². The fraction of sp³-hybridized carbons (Fsp3) is 0.361. The maximum absolute atomic E-state index is 13.7. The summed E-state index contributed by atoms with van der Waals surface area (Å²) in [5.41, 5.74) is 2.58. The maximum atomic E-state index is 13.7. The number of esters is 1. The predicted molar refractivity (Wildman–Crippen MR) is 173 cm³/mol. The first-order valence-corrected chi connectivity index (χ1v) is 15.5. The zero-order valence-electron chi connectivity index (χ0n) is 25.9. The van der Waals surface area contributed by atoms with Crippen molar-refractivity contribution in [1.82, 2.24) is 4.90 Å². The Kier molecular flexibility index (Phi) is 8.07. The number of aliphatic imine (C=N–C) groups is 1. The third kappa shape index (κ3) is 5.87. The summed E-state index contributed by atoms with van der Waals surface area (Å²) in [7, 11) is 0. The fourth-order valence-electron chi connectivity index (χ4n) is 5.60. The Hall–Kier alpha value is -3.84. The van der Waals surface area contributed by atoms with E-state index >= 15 is 0 Å². The molecule has 1 N–H and O–H groups in total. The number of carbonyl (C=O) groups excluding carboxylic acids is 2. The van der Waals surface area contributed by atoms with Gasteiger partial charge >= 0.3 is 5.97 Å². The number of carbonyl (C=O) groups is 2. The molecule has 0 saturated carbocycles. The Morgan fingerprint density at radius 2 is 1.47 bits per heavy atom. The summed E-state index contributed by atoms with van der Waals surface area (Å²) in [6.07, 6.45) is 2.86. The van der Waals surface area contributed by atoms with Crippen LogP contribution in [-0.4, -0.2) is 45.1 Å². The Morgan fingerprint density at radius 1 is 0.953 bits per heavy atom. The minimum Gasteiger partial charge on any atom is -0.507 e. The molecule has 2 aliphatic rings. The number of phenolic OH excluding ortho intramolecular Hbond substituents is 1. The summed E-state index contributed by atoms with van der Waals surface area (Å²) >= 11 is 1.47. The number of β-lactam (4-membered cyclic amide) rings is 1. The number of benzene rings is 3. The minimum absolute atomic E-state index is 0.227. The van der Waals surface area contributed by atoms with Crippen LogP contribution < -0.4 is 0 Å². The second-order valence-corrected chi connectivity index (χ2v) is 14.5. The van der Waals surface area contributed by atoms with Crippen LogP contribution in [0.1, 0.15) is 82.4 Å². The van der Waals surface area contributed by atoms with E-state index in [2.05, 4.69) is 41.5 Å². The Bertz CT molecular complexity index is 1500. The SMILES string of the molecule is CC(C)(C)c1cc(/C=N/[C@]2(C)C(=O)N3C(C(=O)OC(c4ccccc4)c4ccccc4)C=CS[C@@H]32)cc(C(C)(C)C)c1O. The van der Waals surface area contributed by atoms with Crippen LogP contribution in [0.4, 0.5) is 0 Å². The molecule has 224 valence electrons. The number of phenols is 1. The molecule has 1 saturated heterocycles. The fourth-order valence-corrected chi connectivity index (χ4v) is 6.77. The third-order valence-corrected chi connectivity index (χ3v) is 9.34. The molecule has 7 heteroatoms. The first-order chi connectivity index (χ1) is 20.2. The lowest BCUT2D eigenvalue weighted by Gasteiger charge is -2.54. The van der Waals surface area contributed by atoms with Crippen molar-refractivity contribution in [2.45, 2.75) is 82.4 Å². The van der Waals surface area contributed by atoms with Crippen molar-refractivity contribution in [2.75, 3.05) is 0 Å². The van der Waals surface area contributed by atoms with E-state index in [-0.39, 0.29) is 22.1 Å². The molecule has 3 aromatic carbocycles. The molecular weight excluding hydrogens is 556 g/mol. The van der Waals surface area contributed by atoms with Gasteiger partial charge in [-0.05, 0) is 58.1 Å². The van der Waals surface area contributed by atoms with Gasteiger partial charge in [-0.2, -0.15) is 0 Å². The smallest absolute Gasteiger partial charge is 0.333 e. The molecule has 5 rings (SSSR count). The van der Waals surface area contributed by atoms with Crippen LogP contribution in [0, 0.1) is 0 Å². The number of rotatable bonds is 6. The van der Waals surface area contributed by atoms with Crippen LogP contribution in [0.25, 0.3) is 0 Å². The maximum Gasteiger partial charge on any atom is 0.333 e. The van der Waals surface area contributed by atoms with Crippen LogP contribution in [0.15, 0.2) is 89.3 Å². The van der Waals surface area contributed by atoms with Crippen LogP contribution >= 0.6 is 11.8 Å². The lowest BCUT2D eigenvalue weighted by Crippen LogP contribution is -2.74. The predicted octanol–water partition coefficient (Wildman–Crippen LogP) is 7.30. The van der Waals surface area contributed by atoms with Crippen LogP contribution in [-0.2, 0) is 25.2 Å². The van der Waals surface area contributed by atoms with E-state index in [0.29, 0.717) is 5.75 Å². The summed E-state index contributed by atoms with van der Waals surface area (Å²) in [4.78, 5) is 33.7. The highest BCUT2D eigenvalue weighted by atomic mass is 32.2. The first kappa shape index (κ1) is 30.6. The van der Waals surface area contributed by atoms with Gasteiger partial charge in [0.2, 0.25) is 0 Å². The van der Waals surface area contributed by atoms with Crippen LogP contribution in [0.5, 0.6) is 5.75 Å². The summed E-state index contributed by atoms with van der Waals surface area (Å²) in [5.74, 6) is -0.413. The summed E-state index contributed by atoms with van der Waals surface area (Å²) in [6.45, 7) is 14.2. The molecular formula is C36H40N2O4S. The molecule has 3 atom stereocenters. The highest BCUT2D eigenvalue weighted by molar-refractivity contribution is 8.03. The van der Waals surface area contributed by atoms with Crippen molar-refractivity contribution in [3.63, 3.8) is 0 Å². The van der Waals surface area contributed by atoms with Crippen molar-refractivity contribution in [1.29, 1.82) is 0 Å². The highest BCUT2D eigenvalue weighted by Gasteiger charge is 2.62. The van der Waals surface area contributed by atoms with Crippen molar-refractivity contribution >= 4 is 29.9 Å².